The lowest BCUT2D eigenvalue weighted by Crippen LogP contribution is -2.11. The van der Waals surface area contributed by atoms with Crippen molar-refractivity contribution in [3.63, 3.8) is 0 Å². The maximum atomic E-state index is 13.8. The second-order valence-corrected chi connectivity index (χ2v) is 5.28. The Kier molecular flexibility index (Phi) is 4.29. The van der Waals surface area contributed by atoms with Gasteiger partial charge in [0.2, 0.25) is 0 Å². The second-order valence-electron chi connectivity index (χ2n) is 3.93. The third-order valence-electron chi connectivity index (χ3n) is 2.51. The van der Waals surface area contributed by atoms with Gasteiger partial charge >= 0.3 is 0 Å². The van der Waals surface area contributed by atoms with Crippen LogP contribution in [0.2, 0.25) is 0 Å². The van der Waals surface area contributed by atoms with E-state index in [1.54, 1.807) is 0 Å². The molecular weight excluding hydrogens is 353 g/mol. The van der Waals surface area contributed by atoms with Crippen LogP contribution in [-0.4, -0.2) is 4.99 Å². The number of benzene rings is 2. The number of anilines is 2. The Morgan fingerprint density at radius 1 is 1.05 bits per heavy atom. The van der Waals surface area contributed by atoms with Crippen molar-refractivity contribution in [3.05, 3.63) is 57.8 Å². The molecular formula is C13H8BrF3N2S. The van der Waals surface area contributed by atoms with E-state index < -0.39 is 23.1 Å². The fourth-order valence-electron chi connectivity index (χ4n) is 1.56. The monoisotopic (exact) mass is 360 g/mol. The van der Waals surface area contributed by atoms with Crippen molar-refractivity contribution in [1.29, 1.82) is 0 Å². The van der Waals surface area contributed by atoms with Gasteiger partial charge in [0.15, 0.2) is 0 Å². The van der Waals surface area contributed by atoms with Gasteiger partial charge in [0.1, 0.15) is 28.1 Å². The van der Waals surface area contributed by atoms with Gasteiger partial charge in [-0.05, 0) is 30.3 Å². The van der Waals surface area contributed by atoms with Gasteiger partial charge in [-0.2, -0.15) is 0 Å². The molecule has 0 spiro atoms. The molecule has 0 heterocycles. The van der Waals surface area contributed by atoms with Crippen LogP contribution in [0.5, 0.6) is 0 Å². The molecule has 104 valence electrons. The summed E-state index contributed by atoms with van der Waals surface area (Å²) in [5.74, 6) is -2.45. The molecule has 0 fully saturated rings. The maximum absolute atomic E-state index is 13.8. The summed E-state index contributed by atoms with van der Waals surface area (Å²) in [4.78, 5) is -0.122. The highest BCUT2D eigenvalue weighted by Gasteiger charge is 2.14. The molecule has 2 aromatic rings. The van der Waals surface area contributed by atoms with Gasteiger partial charge in [0.25, 0.3) is 0 Å². The van der Waals surface area contributed by atoms with E-state index in [0.29, 0.717) is 4.47 Å². The predicted octanol–water partition coefficient (Wildman–Crippen LogP) is 4.24. The minimum absolute atomic E-state index is 0.0553. The van der Waals surface area contributed by atoms with Crippen molar-refractivity contribution in [3.8, 4) is 0 Å². The molecule has 0 amide bonds. The van der Waals surface area contributed by atoms with Crippen LogP contribution in [0.1, 0.15) is 5.56 Å². The van der Waals surface area contributed by atoms with Crippen LogP contribution in [-0.2, 0) is 0 Å². The minimum Gasteiger partial charge on any atom is -0.389 e. The average molecular weight is 361 g/mol. The first kappa shape index (κ1) is 14.8. The maximum Gasteiger partial charge on any atom is 0.150 e. The fraction of sp³-hybridized carbons (Fsp3) is 0. The van der Waals surface area contributed by atoms with E-state index in [4.69, 9.17) is 5.73 Å². The molecule has 0 aliphatic rings. The summed E-state index contributed by atoms with van der Waals surface area (Å²) in [6.45, 7) is 0. The smallest absolute Gasteiger partial charge is 0.150 e. The number of halogens is 4. The largest absolute Gasteiger partial charge is 0.389 e. The average Bonchev–Trinajstić information content (AvgIpc) is 2.37. The molecule has 0 saturated heterocycles. The van der Waals surface area contributed by atoms with E-state index in [0.717, 1.165) is 12.1 Å². The zero-order valence-corrected chi connectivity index (χ0v) is 12.3. The highest BCUT2D eigenvalue weighted by Crippen LogP contribution is 2.28. The standard InChI is InChI=1S/C13H8BrF3N2S/c14-7-1-2-8(15)11(5-7)19-12-9(16)3-6(13(18)20)4-10(12)17/h1-5,19H,(H2,18,20). The summed E-state index contributed by atoms with van der Waals surface area (Å²) in [5.41, 5.74) is 4.85. The van der Waals surface area contributed by atoms with E-state index in [2.05, 4.69) is 33.5 Å². The Hall–Kier alpha value is -1.60. The van der Waals surface area contributed by atoms with Gasteiger partial charge in [-0.3, -0.25) is 0 Å². The fourth-order valence-corrected chi connectivity index (χ4v) is 2.04. The molecule has 0 saturated carbocycles. The molecule has 0 radical (unpaired) electrons. The molecule has 3 N–H and O–H groups in total. The number of hydrogen-bond acceptors (Lipinski definition) is 2. The number of thiocarbonyl (C=S) groups is 1. The number of nitrogens with one attached hydrogen (secondary N) is 1. The van der Waals surface area contributed by atoms with Gasteiger partial charge in [0, 0.05) is 10.0 Å². The molecule has 0 unspecified atom stereocenters. The zero-order chi connectivity index (χ0) is 14.9. The molecule has 0 atom stereocenters. The molecule has 20 heavy (non-hydrogen) atoms. The Labute approximate surface area is 126 Å². The minimum atomic E-state index is -0.910. The Balaban J connectivity index is 2.44. The van der Waals surface area contributed by atoms with E-state index in [-0.39, 0.29) is 16.2 Å². The summed E-state index contributed by atoms with van der Waals surface area (Å²) >= 11 is 7.80. The Morgan fingerprint density at radius 2 is 1.65 bits per heavy atom. The highest BCUT2D eigenvalue weighted by atomic mass is 79.9. The van der Waals surface area contributed by atoms with Crippen LogP contribution in [0, 0.1) is 17.5 Å². The van der Waals surface area contributed by atoms with Crippen LogP contribution >= 0.6 is 28.1 Å². The van der Waals surface area contributed by atoms with Crippen LogP contribution in [0.15, 0.2) is 34.8 Å². The third-order valence-corrected chi connectivity index (χ3v) is 3.24. The quantitative estimate of drug-likeness (QED) is 0.803. The molecule has 0 aromatic heterocycles. The number of nitrogens with two attached hydrogens (primary N) is 1. The molecule has 0 aliphatic heterocycles. The van der Waals surface area contributed by atoms with Crippen molar-refractivity contribution in [2.45, 2.75) is 0 Å². The van der Waals surface area contributed by atoms with Crippen LogP contribution in [0.4, 0.5) is 24.5 Å². The van der Waals surface area contributed by atoms with E-state index in [1.165, 1.54) is 18.2 Å². The van der Waals surface area contributed by atoms with E-state index >= 15 is 0 Å². The lowest BCUT2D eigenvalue weighted by atomic mass is 10.1. The van der Waals surface area contributed by atoms with Crippen molar-refractivity contribution < 1.29 is 13.2 Å². The summed E-state index contributed by atoms with van der Waals surface area (Å²) in [6, 6.07) is 6.00. The first-order valence-electron chi connectivity index (χ1n) is 5.39. The molecule has 0 aliphatic carbocycles. The molecule has 2 rings (SSSR count). The van der Waals surface area contributed by atoms with E-state index in [1.807, 2.05) is 0 Å². The third kappa shape index (κ3) is 3.10. The number of rotatable bonds is 3. The molecule has 7 heteroatoms. The molecule has 2 nitrogen and oxygen atoms in total. The number of hydrogen-bond donors (Lipinski definition) is 2. The van der Waals surface area contributed by atoms with Gasteiger partial charge in [-0.1, -0.05) is 28.1 Å². The van der Waals surface area contributed by atoms with Crippen molar-refractivity contribution >= 4 is 44.5 Å². The summed E-state index contributed by atoms with van der Waals surface area (Å²) < 4.78 is 41.8. The SMILES string of the molecule is NC(=S)c1cc(F)c(Nc2cc(Br)ccc2F)c(F)c1. The second kappa shape index (κ2) is 5.80. The van der Waals surface area contributed by atoms with Crippen LogP contribution < -0.4 is 11.1 Å². The van der Waals surface area contributed by atoms with Crippen LogP contribution in [0.25, 0.3) is 0 Å². The van der Waals surface area contributed by atoms with Gasteiger partial charge < -0.3 is 11.1 Å². The van der Waals surface area contributed by atoms with Gasteiger partial charge in [0.05, 0.1) is 5.69 Å². The zero-order valence-electron chi connectivity index (χ0n) is 9.88. The normalized spacial score (nSPS) is 10.4. The van der Waals surface area contributed by atoms with Gasteiger partial charge in [-0.25, -0.2) is 13.2 Å². The summed E-state index contributed by atoms with van der Waals surface area (Å²) in [6.07, 6.45) is 0. The Bertz CT molecular complexity index is 668. The van der Waals surface area contributed by atoms with E-state index in [9.17, 15) is 13.2 Å². The van der Waals surface area contributed by atoms with Crippen LogP contribution in [0.3, 0.4) is 0 Å². The van der Waals surface area contributed by atoms with Crippen molar-refractivity contribution in [2.24, 2.45) is 5.73 Å². The first-order chi connectivity index (χ1) is 9.38. The van der Waals surface area contributed by atoms with Crippen molar-refractivity contribution in [1.82, 2.24) is 0 Å². The van der Waals surface area contributed by atoms with Gasteiger partial charge in [-0.15, -0.1) is 0 Å². The Morgan fingerprint density at radius 3 is 2.20 bits per heavy atom. The summed E-state index contributed by atoms with van der Waals surface area (Å²) in [5, 5.41) is 2.38. The summed E-state index contributed by atoms with van der Waals surface area (Å²) in [7, 11) is 0. The lowest BCUT2D eigenvalue weighted by molar-refractivity contribution is 0.589. The molecule has 2 aromatic carbocycles. The lowest BCUT2D eigenvalue weighted by Gasteiger charge is -2.11. The topological polar surface area (TPSA) is 38.0 Å². The highest BCUT2D eigenvalue weighted by molar-refractivity contribution is 9.10. The predicted molar refractivity (Wildman–Crippen MR) is 79.6 cm³/mol. The van der Waals surface area contributed by atoms with Crippen molar-refractivity contribution in [2.75, 3.05) is 5.32 Å². The first-order valence-corrected chi connectivity index (χ1v) is 6.59. The molecule has 0 bridgehead atoms.